The number of carbonyl (C=O) groups is 1. The Hall–Kier alpha value is -2.34. The smallest absolute Gasteiger partial charge is 0.253 e. The first-order valence-corrected chi connectivity index (χ1v) is 8.12. The van der Waals surface area contributed by atoms with E-state index in [1.807, 2.05) is 37.3 Å². The summed E-state index contributed by atoms with van der Waals surface area (Å²) < 4.78 is 8.37. The maximum atomic E-state index is 12.6. The molecule has 0 fully saturated rings. The molecule has 1 amide bonds. The van der Waals surface area contributed by atoms with Crippen molar-refractivity contribution in [2.24, 2.45) is 0 Å². The Balaban J connectivity index is 1.62. The molecule has 2 unspecified atom stereocenters. The minimum Gasteiger partial charge on any atom is -0.488 e. The van der Waals surface area contributed by atoms with Crippen LogP contribution in [-0.4, -0.2) is 21.6 Å². The van der Waals surface area contributed by atoms with Gasteiger partial charge in [-0.2, -0.15) is 5.10 Å². The molecule has 5 nitrogen and oxygen atoms in total. The van der Waals surface area contributed by atoms with Gasteiger partial charge in [0.1, 0.15) is 11.9 Å². The fraction of sp³-hybridized carbons (Fsp3) is 0.176. The number of hydrogen-bond donors (Lipinski definition) is 1. The van der Waals surface area contributed by atoms with Crippen molar-refractivity contribution in [1.82, 2.24) is 14.9 Å². The number of pyridine rings is 1. The summed E-state index contributed by atoms with van der Waals surface area (Å²) in [5.41, 5.74) is 2.49. The molecule has 23 heavy (non-hydrogen) atoms. The molecule has 2 atom stereocenters. The van der Waals surface area contributed by atoms with E-state index in [1.165, 1.54) is 0 Å². The summed E-state index contributed by atoms with van der Waals surface area (Å²) in [5, 5.41) is 7.26. The van der Waals surface area contributed by atoms with Crippen molar-refractivity contribution >= 4 is 27.4 Å². The van der Waals surface area contributed by atoms with Crippen molar-refractivity contribution in [3.63, 3.8) is 0 Å². The molecule has 0 spiro atoms. The summed E-state index contributed by atoms with van der Waals surface area (Å²) in [6.45, 7) is 1.96. The van der Waals surface area contributed by atoms with E-state index in [2.05, 4.69) is 26.3 Å². The number of nitrogens with one attached hydrogen (secondary N) is 1. The molecule has 2 aromatic heterocycles. The second-order valence-corrected chi connectivity index (χ2v) is 6.41. The number of fused-ring (bicyclic) bond motifs is 2. The van der Waals surface area contributed by atoms with E-state index >= 15 is 0 Å². The van der Waals surface area contributed by atoms with Crippen LogP contribution in [0.2, 0.25) is 0 Å². The van der Waals surface area contributed by atoms with Crippen molar-refractivity contribution in [2.75, 3.05) is 0 Å². The van der Waals surface area contributed by atoms with Gasteiger partial charge in [-0.1, -0.05) is 18.2 Å². The van der Waals surface area contributed by atoms with Gasteiger partial charge in [0.25, 0.3) is 5.91 Å². The van der Waals surface area contributed by atoms with Crippen molar-refractivity contribution in [1.29, 1.82) is 0 Å². The predicted octanol–water partition coefficient (Wildman–Crippen LogP) is 3.35. The monoisotopic (exact) mass is 371 g/mol. The first kappa shape index (κ1) is 14.3. The highest BCUT2D eigenvalue weighted by Crippen LogP contribution is 2.36. The molecule has 1 aromatic carbocycles. The van der Waals surface area contributed by atoms with Crippen LogP contribution < -0.4 is 10.1 Å². The molecule has 4 rings (SSSR count). The largest absolute Gasteiger partial charge is 0.488 e. The number of amides is 1. The molecule has 6 heteroatoms. The van der Waals surface area contributed by atoms with Gasteiger partial charge >= 0.3 is 0 Å². The molecule has 0 saturated carbocycles. The lowest BCUT2D eigenvalue weighted by Gasteiger charge is -2.17. The molecule has 3 heterocycles. The maximum absolute atomic E-state index is 12.6. The van der Waals surface area contributed by atoms with Gasteiger partial charge in [0, 0.05) is 11.8 Å². The molecule has 0 radical (unpaired) electrons. The average Bonchev–Trinajstić information content (AvgIpc) is 3.08. The zero-order valence-electron chi connectivity index (χ0n) is 12.4. The molecule has 1 aliphatic rings. The van der Waals surface area contributed by atoms with Gasteiger partial charge in [-0.05, 0) is 41.1 Å². The standard InChI is InChI=1S/C17H14BrN3O2/c1-10-16(12-4-2-3-5-15(12)23-10)20-17(22)11-6-7-14-13(18)8-19-21(14)9-11/h2-10,16H,1H3,(H,20,22). The highest BCUT2D eigenvalue weighted by molar-refractivity contribution is 9.10. The van der Waals surface area contributed by atoms with Gasteiger partial charge in [-0.25, -0.2) is 4.52 Å². The van der Waals surface area contributed by atoms with Crippen LogP contribution in [0.25, 0.3) is 5.52 Å². The van der Waals surface area contributed by atoms with Crippen LogP contribution in [0.3, 0.4) is 0 Å². The lowest BCUT2D eigenvalue weighted by Crippen LogP contribution is -2.34. The lowest BCUT2D eigenvalue weighted by atomic mass is 10.0. The predicted molar refractivity (Wildman–Crippen MR) is 89.6 cm³/mol. The maximum Gasteiger partial charge on any atom is 0.253 e. The summed E-state index contributed by atoms with van der Waals surface area (Å²) in [6.07, 6.45) is 3.33. The van der Waals surface area contributed by atoms with E-state index in [4.69, 9.17) is 4.74 Å². The van der Waals surface area contributed by atoms with Crippen LogP contribution in [0.15, 0.2) is 53.3 Å². The molecule has 116 valence electrons. The number of carbonyl (C=O) groups excluding carboxylic acids is 1. The Morgan fingerprint density at radius 3 is 3.00 bits per heavy atom. The van der Waals surface area contributed by atoms with Gasteiger partial charge in [0.2, 0.25) is 0 Å². The van der Waals surface area contributed by atoms with Gasteiger partial charge in [-0.15, -0.1) is 0 Å². The number of aromatic nitrogens is 2. The Bertz CT molecular complexity index is 906. The fourth-order valence-electron chi connectivity index (χ4n) is 2.87. The van der Waals surface area contributed by atoms with Crippen molar-refractivity contribution in [2.45, 2.75) is 19.1 Å². The fourth-order valence-corrected chi connectivity index (χ4v) is 3.28. The second kappa shape index (κ2) is 5.38. The quantitative estimate of drug-likeness (QED) is 0.751. The molecular weight excluding hydrogens is 358 g/mol. The van der Waals surface area contributed by atoms with Crippen LogP contribution in [-0.2, 0) is 0 Å². The van der Waals surface area contributed by atoms with Gasteiger partial charge in [0.15, 0.2) is 0 Å². The van der Waals surface area contributed by atoms with Crippen LogP contribution in [0.1, 0.15) is 28.9 Å². The van der Waals surface area contributed by atoms with E-state index in [0.29, 0.717) is 5.56 Å². The molecule has 1 aliphatic heterocycles. The molecule has 3 aromatic rings. The lowest BCUT2D eigenvalue weighted by molar-refractivity contribution is 0.0908. The Kier molecular flexibility index (Phi) is 3.34. The van der Waals surface area contributed by atoms with E-state index in [-0.39, 0.29) is 18.1 Å². The Morgan fingerprint density at radius 1 is 1.30 bits per heavy atom. The third kappa shape index (κ3) is 2.39. The van der Waals surface area contributed by atoms with Crippen LogP contribution in [0.5, 0.6) is 5.75 Å². The number of halogens is 1. The number of para-hydroxylation sites is 1. The van der Waals surface area contributed by atoms with Crippen LogP contribution >= 0.6 is 15.9 Å². The summed E-state index contributed by atoms with van der Waals surface area (Å²) in [4.78, 5) is 12.6. The molecular formula is C17H14BrN3O2. The zero-order chi connectivity index (χ0) is 16.0. The van der Waals surface area contributed by atoms with E-state index in [1.54, 1.807) is 23.0 Å². The summed E-state index contributed by atoms with van der Waals surface area (Å²) in [5.74, 6) is 0.687. The van der Waals surface area contributed by atoms with Crippen molar-refractivity contribution < 1.29 is 9.53 Å². The topological polar surface area (TPSA) is 55.6 Å². The third-order valence-corrected chi connectivity index (χ3v) is 4.67. The normalized spacial score (nSPS) is 19.4. The number of benzene rings is 1. The first-order valence-electron chi connectivity index (χ1n) is 7.33. The number of nitrogens with zero attached hydrogens (tertiary/aromatic N) is 2. The first-order chi connectivity index (χ1) is 11.1. The SMILES string of the molecule is CC1Oc2ccccc2C1NC(=O)c1ccc2c(Br)cnn2c1. The Morgan fingerprint density at radius 2 is 2.13 bits per heavy atom. The van der Waals surface area contributed by atoms with Gasteiger partial charge in [-0.3, -0.25) is 4.79 Å². The summed E-state index contributed by atoms with van der Waals surface area (Å²) in [6, 6.07) is 11.3. The van der Waals surface area contributed by atoms with Crippen molar-refractivity contribution in [3.8, 4) is 5.75 Å². The molecule has 0 saturated heterocycles. The highest BCUT2D eigenvalue weighted by atomic mass is 79.9. The number of rotatable bonds is 2. The minimum absolute atomic E-state index is 0.0982. The van der Waals surface area contributed by atoms with Gasteiger partial charge in [0.05, 0.1) is 27.8 Å². The average molecular weight is 372 g/mol. The zero-order valence-corrected chi connectivity index (χ0v) is 13.9. The summed E-state index contributed by atoms with van der Waals surface area (Å²) >= 11 is 3.42. The highest BCUT2D eigenvalue weighted by Gasteiger charge is 2.32. The van der Waals surface area contributed by atoms with E-state index in [9.17, 15) is 4.79 Å². The van der Waals surface area contributed by atoms with Crippen LogP contribution in [0, 0.1) is 0 Å². The minimum atomic E-state index is -0.154. The van der Waals surface area contributed by atoms with Gasteiger partial charge < -0.3 is 10.1 Å². The molecule has 1 N–H and O–H groups in total. The third-order valence-electron chi connectivity index (χ3n) is 4.05. The van der Waals surface area contributed by atoms with E-state index < -0.39 is 0 Å². The Labute approximate surface area is 141 Å². The van der Waals surface area contributed by atoms with E-state index in [0.717, 1.165) is 21.3 Å². The molecule has 0 aliphatic carbocycles. The molecule has 0 bridgehead atoms. The summed E-state index contributed by atoms with van der Waals surface area (Å²) in [7, 11) is 0. The number of ether oxygens (including phenoxy) is 1. The van der Waals surface area contributed by atoms with Crippen LogP contribution in [0.4, 0.5) is 0 Å². The second-order valence-electron chi connectivity index (χ2n) is 5.55. The van der Waals surface area contributed by atoms with Crippen molar-refractivity contribution in [3.05, 3.63) is 64.4 Å². The number of hydrogen-bond acceptors (Lipinski definition) is 3.